The van der Waals surface area contributed by atoms with Gasteiger partial charge in [0.25, 0.3) is 17.7 Å². The van der Waals surface area contributed by atoms with Gasteiger partial charge in [-0.2, -0.15) is 17.6 Å². The lowest BCUT2D eigenvalue weighted by atomic mass is 10.1. The minimum absolute atomic E-state index is 0.0334. The number of ether oxygens (including phenoxy) is 1. The number of aromatic nitrogens is 3. The number of hydrogen-bond acceptors (Lipinski definition) is 7. The minimum atomic E-state index is -4.96. The largest absolute Gasteiger partial charge is 0.435 e. The van der Waals surface area contributed by atoms with E-state index in [4.69, 9.17) is 9.52 Å². The SMILES string of the molecule is Cc1cc(C2(F)CC2)nc(F)c1Oc1nnc(C(F)(F)F)c(C)c1C(=O)Nc1cccc(S(C)(=N)=O)c1. The van der Waals surface area contributed by atoms with Crippen LogP contribution in [0.3, 0.4) is 0 Å². The number of halogens is 5. The van der Waals surface area contributed by atoms with E-state index in [0.29, 0.717) is 0 Å². The first-order valence-electron chi connectivity index (χ1n) is 10.7. The molecule has 1 amide bonds. The summed E-state index contributed by atoms with van der Waals surface area (Å²) in [6.45, 7) is 2.36. The van der Waals surface area contributed by atoms with Gasteiger partial charge in [0, 0.05) is 16.8 Å². The molecule has 2 N–H and O–H groups in total. The predicted molar refractivity (Wildman–Crippen MR) is 122 cm³/mol. The molecule has 1 fully saturated rings. The molecule has 0 radical (unpaired) electrons. The van der Waals surface area contributed by atoms with E-state index in [-0.39, 0.29) is 34.7 Å². The first-order valence-corrected chi connectivity index (χ1v) is 12.7. The Bertz CT molecular complexity index is 1500. The number of nitrogens with zero attached hydrogens (tertiary/aromatic N) is 3. The second-order valence-corrected chi connectivity index (χ2v) is 10.8. The van der Waals surface area contributed by atoms with E-state index in [1.807, 2.05) is 0 Å². The zero-order valence-corrected chi connectivity index (χ0v) is 20.5. The van der Waals surface area contributed by atoms with Crippen molar-refractivity contribution in [3.05, 3.63) is 64.4 Å². The number of carbonyl (C=O) groups is 1. The van der Waals surface area contributed by atoms with Crippen molar-refractivity contribution in [2.24, 2.45) is 0 Å². The van der Waals surface area contributed by atoms with Crippen molar-refractivity contribution in [3.8, 4) is 11.6 Å². The molecule has 0 bridgehead atoms. The summed E-state index contributed by atoms with van der Waals surface area (Å²) < 4.78 is 94.8. The van der Waals surface area contributed by atoms with Crippen LogP contribution in [-0.2, 0) is 21.6 Å². The van der Waals surface area contributed by atoms with Gasteiger partial charge in [0.1, 0.15) is 5.56 Å². The van der Waals surface area contributed by atoms with Gasteiger partial charge in [0.2, 0.25) is 0 Å². The molecule has 0 spiro atoms. The topological polar surface area (TPSA) is 118 Å². The smallest absolute Gasteiger partial charge is 0.432 e. The van der Waals surface area contributed by atoms with Crippen LogP contribution in [0.4, 0.5) is 27.6 Å². The Kier molecular flexibility index (Phi) is 6.42. The molecule has 2 aromatic heterocycles. The van der Waals surface area contributed by atoms with Crippen LogP contribution in [-0.4, -0.2) is 31.6 Å². The zero-order chi connectivity index (χ0) is 27.3. The maximum Gasteiger partial charge on any atom is 0.435 e. The summed E-state index contributed by atoms with van der Waals surface area (Å²) in [5, 5.41) is 8.87. The van der Waals surface area contributed by atoms with Gasteiger partial charge in [-0.3, -0.25) is 4.79 Å². The van der Waals surface area contributed by atoms with Gasteiger partial charge in [-0.1, -0.05) is 6.07 Å². The van der Waals surface area contributed by atoms with E-state index in [2.05, 4.69) is 20.5 Å². The number of aryl methyl sites for hydroxylation is 1. The molecule has 1 atom stereocenters. The van der Waals surface area contributed by atoms with E-state index in [0.717, 1.165) is 13.2 Å². The Morgan fingerprint density at radius 2 is 1.86 bits per heavy atom. The molecular formula is C23H20F5N5O3S. The molecule has 1 aliphatic carbocycles. The highest BCUT2D eigenvalue weighted by Crippen LogP contribution is 2.49. The van der Waals surface area contributed by atoms with Crippen LogP contribution in [0.2, 0.25) is 0 Å². The lowest BCUT2D eigenvalue weighted by Crippen LogP contribution is -2.21. The van der Waals surface area contributed by atoms with E-state index >= 15 is 0 Å². The monoisotopic (exact) mass is 541 g/mol. The second kappa shape index (κ2) is 9.01. The Morgan fingerprint density at radius 1 is 1.19 bits per heavy atom. The number of alkyl halides is 4. The number of carbonyl (C=O) groups excluding carboxylic acids is 1. The highest BCUT2D eigenvalue weighted by Gasteiger charge is 2.47. The third-order valence-electron chi connectivity index (χ3n) is 5.69. The van der Waals surface area contributed by atoms with Crippen LogP contribution in [0.5, 0.6) is 11.6 Å². The first kappa shape index (κ1) is 26.4. The maximum absolute atomic E-state index is 14.8. The molecule has 37 heavy (non-hydrogen) atoms. The van der Waals surface area contributed by atoms with E-state index in [9.17, 15) is 31.0 Å². The molecule has 2 heterocycles. The summed E-state index contributed by atoms with van der Waals surface area (Å²) in [5.74, 6) is -3.64. The zero-order valence-electron chi connectivity index (χ0n) is 19.7. The minimum Gasteiger partial charge on any atom is -0.432 e. The average Bonchev–Trinajstić information content (AvgIpc) is 3.53. The first-order chi connectivity index (χ1) is 17.1. The standard InChI is InChI=1S/C23H20F5N5O3S/c1-11-9-15(22(25)7-8-22)31-19(24)17(11)36-21-16(12(2)18(32-33-21)23(26,27)28)20(34)30-13-5-4-6-14(10-13)37(3,29)35/h4-6,9-10,29H,7-8H2,1-3H3,(H,30,34). The highest BCUT2D eigenvalue weighted by molar-refractivity contribution is 7.91. The van der Waals surface area contributed by atoms with Gasteiger partial charge in [-0.15, -0.1) is 10.2 Å². The number of hydrogen-bond donors (Lipinski definition) is 2. The molecule has 8 nitrogen and oxygen atoms in total. The van der Waals surface area contributed by atoms with Gasteiger partial charge in [0.15, 0.2) is 17.1 Å². The van der Waals surface area contributed by atoms with Crippen LogP contribution in [0.25, 0.3) is 0 Å². The molecule has 3 aromatic rings. The van der Waals surface area contributed by atoms with E-state index < -0.39 is 61.9 Å². The lowest BCUT2D eigenvalue weighted by Gasteiger charge is -2.17. The normalized spacial score (nSPS) is 16.1. The summed E-state index contributed by atoms with van der Waals surface area (Å²) in [7, 11) is -3.15. The molecule has 14 heteroatoms. The molecule has 0 aliphatic heterocycles. The fraction of sp³-hybridized carbons (Fsp3) is 0.304. The van der Waals surface area contributed by atoms with Gasteiger partial charge >= 0.3 is 6.18 Å². The van der Waals surface area contributed by atoms with Crippen molar-refractivity contribution in [2.45, 2.75) is 43.4 Å². The summed E-state index contributed by atoms with van der Waals surface area (Å²) in [5.41, 5.74) is -4.55. The number of nitrogens with one attached hydrogen (secondary N) is 2. The van der Waals surface area contributed by atoms with Crippen molar-refractivity contribution < 1.29 is 35.7 Å². The summed E-state index contributed by atoms with van der Waals surface area (Å²) >= 11 is 0. The number of amides is 1. The van der Waals surface area contributed by atoms with Crippen LogP contribution in [0.1, 0.15) is 45.7 Å². The molecular weight excluding hydrogens is 521 g/mol. The Balaban J connectivity index is 1.77. The molecule has 0 saturated heterocycles. The Morgan fingerprint density at radius 3 is 2.43 bits per heavy atom. The fourth-order valence-electron chi connectivity index (χ4n) is 3.55. The molecule has 1 saturated carbocycles. The van der Waals surface area contributed by atoms with Gasteiger partial charge < -0.3 is 10.1 Å². The van der Waals surface area contributed by atoms with E-state index in [1.165, 1.54) is 37.3 Å². The van der Waals surface area contributed by atoms with E-state index in [1.54, 1.807) is 0 Å². The maximum atomic E-state index is 14.8. The van der Waals surface area contributed by atoms with Gasteiger partial charge in [-0.05, 0) is 62.1 Å². The van der Waals surface area contributed by atoms with Crippen molar-refractivity contribution in [1.82, 2.24) is 15.2 Å². The van der Waals surface area contributed by atoms with Gasteiger partial charge in [0.05, 0.1) is 15.4 Å². The summed E-state index contributed by atoms with van der Waals surface area (Å²) in [4.78, 5) is 16.8. The number of rotatable bonds is 6. The van der Waals surface area contributed by atoms with Gasteiger partial charge in [-0.25, -0.2) is 18.4 Å². The number of pyridine rings is 1. The molecule has 1 aromatic carbocycles. The number of anilines is 1. The molecule has 196 valence electrons. The van der Waals surface area contributed by atoms with Crippen molar-refractivity contribution in [3.63, 3.8) is 0 Å². The lowest BCUT2D eigenvalue weighted by molar-refractivity contribution is -0.142. The van der Waals surface area contributed by atoms with Crippen LogP contribution < -0.4 is 10.1 Å². The summed E-state index contributed by atoms with van der Waals surface area (Å²) in [6.07, 6.45) is -3.44. The van der Waals surface area contributed by atoms with Crippen molar-refractivity contribution >= 4 is 21.3 Å². The highest BCUT2D eigenvalue weighted by atomic mass is 32.2. The van der Waals surface area contributed by atoms with Crippen molar-refractivity contribution in [2.75, 3.05) is 11.6 Å². The molecule has 1 aliphatic rings. The fourth-order valence-corrected chi connectivity index (χ4v) is 4.24. The second-order valence-electron chi connectivity index (χ2n) is 8.69. The van der Waals surface area contributed by atoms with Crippen LogP contribution in [0.15, 0.2) is 35.2 Å². The third-order valence-corrected chi connectivity index (χ3v) is 6.84. The van der Waals surface area contributed by atoms with Crippen LogP contribution in [0, 0.1) is 24.6 Å². The number of benzene rings is 1. The molecule has 1 unspecified atom stereocenters. The average molecular weight is 542 g/mol. The summed E-state index contributed by atoms with van der Waals surface area (Å²) in [6, 6.07) is 6.66. The quantitative estimate of drug-likeness (QED) is 0.306. The molecule has 4 rings (SSSR count). The third kappa shape index (κ3) is 5.38. The Hall–Kier alpha value is -3.68. The van der Waals surface area contributed by atoms with Crippen molar-refractivity contribution in [1.29, 1.82) is 4.78 Å². The Labute approximate surface area is 208 Å². The predicted octanol–water partition coefficient (Wildman–Crippen LogP) is 5.69. The van der Waals surface area contributed by atoms with Crippen LogP contribution >= 0.6 is 0 Å².